The van der Waals surface area contributed by atoms with Crippen LogP contribution in [0.25, 0.3) is 22.2 Å². The summed E-state index contributed by atoms with van der Waals surface area (Å²) >= 11 is 0. The van der Waals surface area contributed by atoms with Crippen LogP contribution in [0.1, 0.15) is 25.5 Å². The average Bonchev–Trinajstić information content (AvgIpc) is 3.11. The molecule has 0 saturated heterocycles. The molecule has 154 valence electrons. The second kappa shape index (κ2) is 7.46. The van der Waals surface area contributed by atoms with Gasteiger partial charge in [-0.2, -0.15) is 0 Å². The number of rotatable bonds is 5. The number of nitrogen functional groups attached to an aromatic ring is 1. The molecule has 0 saturated carbocycles. The maximum Gasteiger partial charge on any atom is 0.261 e. The maximum absolute atomic E-state index is 12.7. The van der Waals surface area contributed by atoms with Gasteiger partial charge in [-0.15, -0.1) is 0 Å². The first-order chi connectivity index (χ1) is 14.3. The predicted octanol–water partition coefficient (Wildman–Crippen LogP) is 4.37. The number of nitrogens with zero attached hydrogens (tertiary/aromatic N) is 3. The summed E-state index contributed by atoms with van der Waals surface area (Å²) in [5.41, 5.74) is 10.1. The Morgan fingerprint density at radius 1 is 1.07 bits per heavy atom. The molecule has 4 rings (SSSR count). The van der Waals surface area contributed by atoms with E-state index in [1.165, 1.54) is 6.33 Å². The van der Waals surface area contributed by atoms with Gasteiger partial charge >= 0.3 is 0 Å². The van der Waals surface area contributed by atoms with Crippen molar-refractivity contribution >= 4 is 32.6 Å². The number of aryl methyl sites for hydroxylation is 1. The van der Waals surface area contributed by atoms with Gasteiger partial charge in [0.25, 0.3) is 10.0 Å². The molecule has 0 aliphatic rings. The Kier molecular flexibility index (Phi) is 4.95. The lowest BCUT2D eigenvalue weighted by molar-refractivity contribution is 0.601. The zero-order chi connectivity index (χ0) is 21.5. The molecule has 0 aliphatic carbocycles. The summed E-state index contributed by atoms with van der Waals surface area (Å²) < 4.78 is 30.0. The Balaban J connectivity index is 1.76. The van der Waals surface area contributed by atoms with Crippen molar-refractivity contribution in [3.8, 4) is 11.1 Å². The van der Waals surface area contributed by atoms with E-state index in [1.54, 1.807) is 36.4 Å². The van der Waals surface area contributed by atoms with Gasteiger partial charge in [0.15, 0.2) is 0 Å². The molecule has 8 heteroatoms. The molecule has 4 aromatic rings. The Morgan fingerprint density at radius 2 is 1.80 bits per heavy atom. The number of benzene rings is 2. The minimum atomic E-state index is -3.66. The lowest BCUT2D eigenvalue weighted by atomic mass is 10.0. The standard InChI is InChI=1S/C22H23N5O2S/c1-14(2)27-12-18(20-21(23)24-13-25-22(20)27)16-9-10-19(15(3)11-16)26-30(28,29)17-7-5-4-6-8-17/h4-14,26H,1-3H3,(H2,23,24,25). The molecule has 0 amide bonds. The van der Waals surface area contributed by atoms with Gasteiger partial charge in [0.1, 0.15) is 17.8 Å². The summed E-state index contributed by atoms with van der Waals surface area (Å²) in [5.74, 6) is 0.418. The largest absolute Gasteiger partial charge is 0.383 e. The number of fused-ring (bicyclic) bond motifs is 1. The van der Waals surface area contributed by atoms with Crippen molar-refractivity contribution in [3.05, 3.63) is 66.6 Å². The van der Waals surface area contributed by atoms with E-state index in [1.807, 2.05) is 25.3 Å². The third kappa shape index (κ3) is 3.50. The van der Waals surface area contributed by atoms with E-state index in [0.29, 0.717) is 11.5 Å². The van der Waals surface area contributed by atoms with Gasteiger partial charge in [-0.05, 0) is 56.2 Å². The predicted molar refractivity (Wildman–Crippen MR) is 120 cm³/mol. The van der Waals surface area contributed by atoms with E-state index < -0.39 is 10.0 Å². The van der Waals surface area contributed by atoms with E-state index in [-0.39, 0.29) is 10.9 Å². The minimum absolute atomic E-state index is 0.202. The number of nitrogens with two attached hydrogens (primary N) is 1. The molecule has 0 fully saturated rings. The molecule has 0 aliphatic heterocycles. The van der Waals surface area contributed by atoms with Crippen LogP contribution in [0.4, 0.5) is 11.5 Å². The monoisotopic (exact) mass is 421 g/mol. The van der Waals surface area contributed by atoms with E-state index in [0.717, 1.165) is 27.7 Å². The number of sulfonamides is 1. The summed E-state index contributed by atoms with van der Waals surface area (Å²) in [5, 5.41) is 0.795. The van der Waals surface area contributed by atoms with Crippen molar-refractivity contribution in [3.63, 3.8) is 0 Å². The van der Waals surface area contributed by atoms with Crippen LogP contribution in [0, 0.1) is 6.92 Å². The molecule has 7 nitrogen and oxygen atoms in total. The van der Waals surface area contributed by atoms with E-state index in [9.17, 15) is 8.42 Å². The second-order valence-electron chi connectivity index (χ2n) is 7.45. The lowest BCUT2D eigenvalue weighted by Crippen LogP contribution is -2.13. The number of hydrogen-bond donors (Lipinski definition) is 2. The molecule has 0 atom stereocenters. The Hall–Kier alpha value is -3.39. The van der Waals surface area contributed by atoms with Gasteiger partial charge < -0.3 is 10.3 Å². The highest BCUT2D eigenvalue weighted by Crippen LogP contribution is 2.35. The van der Waals surface area contributed by atoms with Crippen LogP contribution in [0.3, 0.4) is 0 Å². The fourth-order valence-corrected chi connectivity index (χ4v) is 4.62. The zero-order valence-electron chi connectivity index (χ0n) is 17.0. The van der Waals surface area contributed by atoms with Crippen molar-refractivity contribution in [2.45, 2.75) is 31.7 Å². The summed E-state index contributed by atoms with van der Waals surface area (Å²) in [6.45, 7) is 6.02. The molecular formula is C22H23N5O2S. The van der Waals surface area contributed by atoms with E-state index in [2.05, 4.69) is 33.1 Å². The van der Waals surface area contributed by atoms with Crippen LogP contribution in [-0.4, -0.2) is 23.0 Å². The van der Waals surface area contributed by atoms with Crippen molar-refractivity contribution < 1.29 is 8.42 Å². The van der Waals surface area contributed by atoms with Crippen LogP contribution in [-0.2, 0) is 10.0 Å². The number of nitrogens with one attached hydrogen (secondary N) is 1. The molecule has 3 N–H and O–H groups in total. The van der Waals surface area contributed by atoms with Gasteiger partial charge in [-0.25, -0.2) is 18.4 Å². The Labute approximate surface area is 175 Å². The molecule has 0 unspecified atom stereocenters. The van der Waals surface area contributed by atoms with Crippen LogP contribution in [0.2, 0.25) is 0 Å². The van der Waals surface area contributed by atoms with Crippen LogP contribution < -0.4 is 10.5 Å². The van der Waals surface area contributed by atoms with Crippen molar-refractivity contribution in [1.82, 2.24) is 14.5 Å². The topological polar surface area (TPSA) is 103 Å². The van der Waals surface area contributed by atoms with Crippen LogP contribution in [0.15, 0.2) is 66.0 Å². The third-order valence-corrected chi connectivity index (χ3v) is 6.41. The fraction of sp³-hybridized carbons (Fsp3) is 0.182. The van der Waals surface area contributed by atoms with E-state index in [4.69, 9.17) is 5.73 Å². The molecule has 30 heavy (non-hydrogen) atoms. The van der Waals surface area contributed by atoms with Crippen molar-refractivity contribution in [2.75, 3.05) is 10.5 Å². The lowest BCUT2D eigenvalue weighted by Gasteiger charge is -2.12. The molecule has 0 radical (unpaired) electrons. The molecule has 2 aromatic heterocycles. The Morgan fingerprint density at radius 3 is 2.47 bits per heavy atom. The summed E-state index contributed by atoms with van der Waals surface area (Å²) in [6.07, 6.45) is 3.48. The Bertz CT molecular complexity index is 1330. The van der Waals surface area contributed by atoms with Gasteiger partial charge in [0.2, 0.25) is 0 Å². The first-order valence-corrected chi connectivity index (χ1v) is 11.1. The van der Waals surface area contributed by atoms with Gasteiger partial charge in [0.05, 0.1) is 16.0 Å². The van der Waals surface area contributed by atoms with E-state index >= 15 is 0 Å². The maximum atomic E-state index is 12.7. The summed E-state index contributed by atoms with van der Waals surface area (Å²) in [6, 6.07) is 14.1. The number of hydrogen-bond acceptors (Lipinski definition) is 5. The first-order valence-electron chi connectivity index (χ1n) is 9.58. The van der Waals surface area contributed by atoms with Gasteiger partial charge in [-0.3, -0.25) is 4.72 Å². The average molecular weight is 422 g/mol. The summed E-state index contributed by atoms with van der Waals surface area (Å²) in [7, 11) is -3.66. The van der Waals surface area contributed by atoms with Crippen molar-refractivity contribution in [1.29, 1.82) is 0 Å². The SMILES string of the molecule is Cc1cc(-c2cn(C(C)C)c3ncnc(N)c23)ccc1NS(=O)(=O)c1ccccc1. The second-order valence-corrected chi connectivity index (χ2v) is 9.13. The smallest absolute Gasteiger partial charge is 0.261 e. The molecule has 0 bridgehead atoms. The van der Waals surface area contributed by atoms with Gasteiger partial charge in [0, 0.05) is 17.8 Å². The third-order valence-electron chi connectivity index (χ3n) is 5.03. The quantitative estimate of drug-likeness (QED) is 0.498. The highest BCUT2D eigenvalue weighted by Gasteiger charge is 2.18. The van der Waals surface area contributed by atoms with Crippen LogP contribution in [0.5, 0.6) is 0 Å². The molecular weight excluding hydrogens is 398 g/mol. The number of aromatic nitrogens is 3. The van der Waals surface area contributed by atoms with Crippen LogP contribution >= 0.6 is 0 Å². The number of anilines is 2. The fourth-order valence-electron chi connectivity index (χ4n) is 3.47. The highest BCUT2D eigenvalue weighted by molar-refractivity contribution is 7.92. The molecule has 2 heterocycles. The van der Waals surface area contributed by atoms with Crippen molar-refractivity contribution in [2.24, 2.45) is 0 Å². The molecule has 0 spiro atoms. The van der Waals surface area contributed by atoms with Gasteiger partial charge in [-0.1, -0.05) is 24.3 Å². The first kappa shape index (κ1) is 19.9. The minimum Gasteiger partial charge on any atom is -0.383 e. The summed E-state index contributed by atoms with van der Waals surface area (Å²) in [4.78, 5) is 8.78. The molecule has 2 aromatic carbocycles. The normalized spacial score (nSPS) is 11.9. The zero-order valence-corrected chi connectivity index (χ0v) is 17.8. The highest BCUT2D eigenvalue weighted by atomic mass is 32.2.